The van der Waals surface area contributed by atoms with Crippen LogP contribution in [0, 0.1) is 6.92 Å². The molecule has 11 heteroatoms. The second-order valence-corrected chi connectivity index (χ2v) is 10.6. The van der Waals surface area contributed by atoms with E-state index in [4.69, 9.17) is 8.83 Å². The van der Waals surface area contributed by atoms with E-state index in [9.17, 15) is 13.2 Å². The Morgan fingerprint density at radius 3 is 2.74 bits per heavy atom. The molecule has 1 atom stereocenters. The molecule has 0 N–H and O–H groups in total. The third-order valence-electron chi connectivity index (χ3n) is 5.33. The minimum Gasteiger partial charge on any atom is -0.469 e. The van der Waals surface area contributed by atoms with E-state index in [2.05, 4.69) is 10.2 Å². The number of amides is 1. The van der Waals surface area contributed by atoms with Crippen molar-refractivity contribution in [2.24, 2.45) is 0 Å². The first-order valence-electron chi connectivity index (χ1n) is 10.0. The Morgan fingerprint density at radius 2 is 2.13 bits per heavy atom. The Hall–Kier alpha value is -2.53. The third-order valence-corrected chi connectivity index (χ3v) is 8.04. The molecule has 0 aromatic carbocycles. The fraction of sp³-hybridized carbons (Fsp3) is 0.450. The first kappa shape index (κ1) is 21.7. The number of nitrogens with zero attached hydrogens (tertiary/aromatic N) is 4. The molecule has 0 radical (unpaired) electrons. The van der Waals surface area contributed by atoms with Gasteiger partial charge in [0.25, 0.3) is 0 Å². The van der Waals surface area contributed by atoms with Gasteiger partial charge in [0.15, 0.2) is 20.8 Å². The summed E-state index contributed by atoms with van der Waals surface area (Å²) in [7, 11) is -3.12. The van der Waals surface area contributed by atoms with Gasteiger partial charge in [-0.1, -0.05) is 11.8 Å². The van der Waals surface area contributed by atoms with Crippen molar-refractivity contribution >= 4 is 27.5 Å². The maximum atomic E-state index is 13.1. The highest BCUT2D eigenvalue weighted by molar-refractivity contribution is 7.99. The largest absolute Gasteiger partial charge is 0.469 e. The predicted molar refractivity (Wildman–Crippen MR) is 115 cm³/mol. The van der Waals surface area contributed by atoms with Crippen LogP contribution >= 0.6 is 11.8 Å². The molecule has 0 saturated carbocycles. The molecule has 166 valence electrons. The average Bonchev–Trinajstić information content (AvgIpc) is 3.51. The van der Waals surface area contributed by atoms with Crippen LogP contribution in [0.5, 0.6) is 0 Å². The molecule has 0 spiro atoms. The number of aryl methyl sites for hydroxylation is 1. The Balaban J connectivity index is 1.50. The van der Waals surface area contributed by atoms with Gasteiger partial charge in [-0.3, -0.25) is 4.79 Å². The Bertz CT molecular complexity index is 1150. The van der Waals surface area contributed by atoms with Gasteiger partial charge in [0.1, 0.15) is 11.5 Å². The number of thioether (sulfide) groups is 1. The molecule has 1 aliphatic heterocycles. The highest BCUT2D eigenvalue weighted by Gasteiger charge is 2.35. The summed E-state index contributed by atoms with van der Waals surface area (Å²) in [4.78, 5) is 14.7. The Kier molecular flexibility index (Phi) is 6.24. The first-order chi connectivity index (χ1) is 14.9. The van der Waals surface area contributed by atoms with Crippen molar-refractivity contribution in [1.82, 2.24) is 19.7 Å². The molecule has 4 heterocycles. The molecule has 1 saturated heterocycles. The molecular formula is C20H24N4O5S2. The number of rotatable bonds is 8. The normalized spacial score (nSPS) is 17.8. The van der Waals surface area contributed by atoms with Crippen LogP contribution in [0.4, 0.5) is 0 Å². The van der Waals surface area contributed by atoms with Crippen LogP contribution in [0.1, 0.15) is 24.9 Å². The van der Waals surface area contributed by atoms with Crippen LogP contribution in [0.2, 0.25) is 0 Å². The monoisotopic (exact) mass is 464 g/mol. The molecular weight excluding hydrogens is 440 g/mol. The molecule has 31 heavy (non-hydrogen) atoms. The quantitative estimate of drug-likeness (QED) is 0.468. The van der Waals surface area contributed by atoms with Crippen molar-refractivity contribution in [2.75, 3.05) is 17.3 Å². The fourth-order valence-electron chi connectivity index (χ4n) is 3.72. The molecule has 0 aliphatic carbocycles. The lowest BCUT2D eigenvalue weighted by Gasteiger charge is -2.27. The van der Waals surface area contributed by atoms with Crippen LogP contribution in [0.25, 0.3) is 11.4 Å². The SMILES string of the molecule is CCn1c(SCC(=O)N(Cc2ccco2)[C@@H]2CCS(=O)(=O)C2)nnc1-c1ccoc1C. The molecule has 3 aromatic rings. The van der Waals surface area contributed by atoms with E-state index in [-0.39, 0.29) is 35.8 Å². The molecule has 0 bridgehead atoms. The van der Waals surface area contributed by atoms with E-state index < -0.39 is 9.84 Å². The highest BCUT2D eigenvalue weighted by atomic mass is 32.2. The van der Waals surface area contributed by atoms with Gasteiger partial charge in [-0.15, -0.1) is 10.2 Å². The summed E-state index contributed by atoms with van der Waals surface area (Å²) in [5.41, 5.74) is 0.864. The summed E-state index contributed by atoms with van der Waals surface area (Å²) >= 11 is 1.29. The van der Waals surface area contributed by atoms with E-state index in [0.29, 0.717) is 29.7 Å². The molecule has 1 aliphatic rings. The van der Waals surface area contributed by atoms with Gasteiger partial charge in [-0.05, 0) is 38.5 Å². The second kappa shape index (κ2) is 8.91. The van der Waals surface area contributed by atoms with Crippen molar-refractivity contribution in [3.63, 3.8) is 0 Å². The van der Waals surface area contributed by atoms with Crippen LogP contribution in [-0.4, -0.2) is 57.3 Å². The smallest absolute Gasteiger partial charge is 0.233 e. The van der Waals surface area contributed by atoms with Gasteiger partial charge < -0.3 is 18.3 Å². The van der Waals surface area contributed by atoms with E-state index in [1.165, 1.54) is 11.8 Å². The molecule has 3 aromatic heterocycles. The molecule has 9 nitrogen and oxygen atoms in total. The zero-order valence-corrected chi connectivity index (χ0v) is 19.0. The van der Waals surface area contributed by atoms with Crippen molar-refractivity contribution in [3.05, 3.63) is 42.2 Å². The summed E-state index contributed by atoms with van der Waals surface area (Å²) < 4.78 is 36.7. The van der Waals surface area contributed by atoms with E-state index in [0.717, 1.165) is 11.3 Å². The lowest BCUT2D eigenvalue weighted by Crippen LogP contribution is -2.41. The van der Waals surface area contributed by atoms with E-state index >= 15 is 0 Å². The maximum Gasteiger partial charge on any atom is 0.233 e. The molecule has 1 fully saturated rings. The number of carbonyl (C=O) groups is 1. The van der Waals surface area contributed by atoms with Gasteiger partial charge in [-0.25, -0.2) is 8.42 Å². The molecule has 1 amide bonds. The van der Waals surface area contributed by atoms with Crippen LogP contribution in [0.3, 0.4) is 0 Å². The molecule has 4 rings (SSSR count). The zero-order valence-electron chi connectivity index (χ0n) is 17.4. The summed E-state index contributed by atoms with van der Waals surface area (Å²) in [5, 5.41) is 9.17. The maximum absolute atomic E-state index is 13.1. The average molecular weight is 465 g/mol. The summed E-state index contributed by atoms with van der Waals surface area (Å²) in [6.07, 6.45) is 3.59. The van der Waals surface area contributed by atoms with Gasteiger partial charge in [0.05, 0.1) is 41.9 Å². The topological polar surface area (TPSA) is 111 Å². The standard InChI is InChI=1S/C20H24N4O5S2/c1-3-23-19(17-6-9-28-14(17)2)21-22-20(23)30-12-18(25)24(11-16-5-4-8-29-16)15-7-10-31(26,27)13-15/h4-6,8-9,15H,3,7,10-13H2,1-2H3/t15-/m1/s1. The summed E-state index contributed by atoms with van der Waals surface area (Å²) in [6.45, 7) is 4.73. The van der Waals surface area contributed by atoms with Crippen LogP contribution < -0.4 is 0 Å². The summed E-state index contributed by atoms with van der Waals surface area (Å²) in [5.74, 6) is 2.12. The van der Waals surface area contributed by atoms with Crippen molar-refractivity contribution in [2.45, 2.75) is 44.6 Å². The Morgan fingerprint density at radius 1 is 1.29 bits per heavy atom. The van der Waals surface area contributed by atoms with Gasteiger partial charge in [0, 0.05) is 12.6 Å². The van der Waals surface area contributed by atoms with E-state index in [1.807, 2.05) is 24.5 Å². The third kappa shape index (κ3) is 4.72. The second-order valence-electron chi connectivity index (χ2n) is 7.39. The number of furan rings is 2. The predicted octanol–water partition coefficient (Wildman–Crippen LogP) is 2.77. The number of sulfone groups is 1. The van der Waals surface area contributed by atoms with Crippen molar-refractivity contribution < 1.29 is 22.0 Å². The highest BCUT2D eigenvalue weighted by Crippen LogP contribution is 2.28. The van der Waals surface area contributed by atoms with E-state index in [1.54, 1.807) is 29.6 Å². The lowest BCUT2D eigenvalue weighted by atomic mass is 10.2. The fourth-order valence-corrected chi connectivity index (χ4v) is 6.34. The number of aromatic nitrogens is 3. The lowest BCUT2D eigenvalue weighted by molar-refractivity contribution is -0.131. The molecule has 0 unspecified atom stereocenters. The van der Waals surface area contributed by atoms with Crippen molar-refractivity contribution in [3.8, 4) is 11.4 Å². The number of hydrogen-bond donors (Lipinski definition) is 0. The number of hydrogen-bond acceptors (Lipinski definition) is 8. The minimum absolute atomic E-state index is 0.0147. The van der Waals surface area contributed by atoms with Crippen LogP contribution in [-0.2, 0) is 27.7 Å². The first-order valence-corrected chi connectivity index (χ1v) is 12.8. The van der Waals surface area contributed by atoms with Gasteiger partial charge in [0.2, 0.25) is 5.91 Å². The van der Waals surface area contributed by atoms with Crippen molar-refractivity contribution in [1.29, 1.82) is 0 Å². The number of carbonyl (C=O) groups excluding carboxylic acids is 1. The summed E-state index contributed by atoms with van der Waals surface area (Å²) in [6, 6.07) is 5.03. The van der Waals surface area contributed by atoms with Gasteiger partial charge >= 0.3 is 0 Å². The van der Waals surface area contributed by atoms with Crippen LogP contribution in [0.15, 0.2) is 44.7 Å². The zero-order chi connectivity index (χ0) is 22.0. The minimum atomic E-state index is -3.12. The van der Waals surface area contributed by atoms with Gasteiger partial charge in [-0.2, -0.15) is 0 Å². The Labute approximate surface area is 184 Å².